The highest BCUT2D eigenvalue weighted by Gasteiger charge is 2.11. The first kappa shape index (κ1) is 19.6. The fourth-order valence-electron chi connectivity index (χ4n) is 2.82. The van der Waals surface area contributed by atoms with Gasteiger partial charge in [-0.2, -0.15) is 0 Å². The molecule has 3 rings (SSSR count). The first-order valence-electron chi connectivity index (χ1n) is 9.06. The lowest BCUT2D eigenvalue weighted by Gasteiger charge is -2.12. The predicted molar refractivity (Wildman–Crippen MR) is 105 cm³/mol. The molecule has 0 N–H and O–H groups in total. The summed E-state index contributed by atoms with van der Waals surface area (Å²) in [5.74, 6) is 2.22. The number of aryl methyl sites for hydroxylation is 1. The highest BCUT2D eigenvalue weighted by molar-refractivity contribution is 5.87. The van der Waals surface area contributed by atoms with Gasteiger partial charge >= 0.3 is 5.97 Å². The summed E-state index contributed by atoms with van der Waals surface area (Å²) in [6, 6.07) is 9.24. The Morgan fingerprint density at radius 3 is 2.50 bits per heavy atom. The van der Waals surface area contributed by atoms with E-state index >= 15 is 0 Å². The maximum Gasteiger partial charge on any atom is 0.331 e. The normalized spacial score (nSPS) is 13.1. The van der Waals surface area contributed by atoms with E-state index in [1.165, 1.54) is 6.08 Å². The average Bonchev–Trinajstić information content (AvgIpc) is 2.95. The van der Waals surface area contributed by atoms with Crippen molar-refractivity contribution in [3.63, 3.8) is 0 Å². The molecule has 1 aliphatic rings. The van der Waals surface area contributed by atoms with E-state index in [9.17, 15) is 4.79 Å². The second-order valence-electron chi connectivity index (χ2n) is 6.33. The minimum Gasteiger partial charge on any atom is -0.493 e. The van der Waals surface area contributed by atoms with Gasteiger partial charge in [-0.15, -0.1) is 0 Å². The highest BCUT2D eigenvalue weighted by atomic mass is 16.5. The van der Waals surface area contributed by atoms with Crippen molar-refractivity contribution in [3.05, 3.63) is 53.1 Å². The van der Waals surface area contributed by atoms with Crippen molar-refractivity contribution in [1.29, 1.82) is 0 Å². The van der Waals surface area contributed by atoms with Crippen LogP contribution in [0.2, 0.25) is 0 Å². The third kappa shape index (κ3) is 4.76. The van der Waals surface area contributed by atoms with Crippen molar-refractivity contribution in [2.75, 3.05) is 27.4 Å². The van der Waals surface area contributed by atoms with Gasteiger partial charge in [-0.25, -0.2) is 4.79 Å². The molecule has 0 aromatic heterocycles. The van der Waals surface area contributed by atoms with Crippen LogP contribution in [0, 0.1) is 6.92 Å². The van der Waals surface area contributed by atoms with E-state index < -0.39 is 5.97 Å². The van der Waals surface area contributed by atoms with Gasteiger partial charge in [0.2, 0.25) is 0 Å². The van der Waals surface area contributed by atoms with Crippen LogP contribution < -0.4 is 18.9 Å². The van der Waals surface area contributed by atoms with Crippen LogP contribution >= 0.6 is 0 Å². The summed E-state index contributed by atoms with van der Waals surface area (Å²) in [4.78, 5) is 12.1. The molecule has 0 radical (unpaired) electrons. The maximum atomic E-state index is 12.1. The Morgan fingerprint density at radius 1 is 1.04 bits per heavy atom. The molecule has 1 heterocycles. The quantitative estimate of drug-likeness (QED) is 0.555. The van der Waals surface area contributed by atoms with E-state index in [0.717, 1.165) is 28.9 Å². The maximum absolute atomic E-state index is 12.1. The van der Waals surface area contributed by atoms with Crippen LogP contribution in [-0.2, 0) is 16.1 Å². The minimum atomic E-state index is -0.429. The summed E-state index contributed by atoms with van der Waals surface area (Å²) in [5.41, 5.74) is 2.65. The minimum absolute atomic E-state index is 0.149. The Balaban J connectivity index is 1.62. The lowest BCUT2D eigenvalue weighted by atomic mass is 10.1. The number of benzene rings is 2. The summed E-state index contributed by atoms with van der Waals surface area (Å²) < 4.78 is 27.2. The summed E-state index contributed by atoms with van der Waals surface area (Å²) in [6.07, 6.45) is 3.94. The Kier molecular flexibility index (Phi) is 6.42. The number of methoxy groups -OCH3 is 2. The topological polar surface area (TPSA) is 63.2 Å². The fraction of sp³-hybridized carbons (Fsp3) is 0.318. The van der Waals surface area contributed by atoms with Gasteiger partial charge in [0.05, 0.1) is 27.4 Å². The molecule has 0 amide bonds. The van der Waals surface area contributed by atoms with Crippen LogP contribution in [0.1, 0.15) is 23.1 Å². The number of hydrogen-bond acceptors (Lipinski definition) is 6. The molecule has 0 atom stereocenters. The zero-order valence-electron chi connectivity index (χ0n) is 16.3. The van der Waals surface area contributed by atoms with Crippen LogP contribution in [0.25, 0.3) is 6.08 Å². The lowest BCUT2D eigenvalue weighted by Crippen LogP contribution is -2.03. The number of ether oxygens (including phenoxy) is 5. The van der Waals surface area contributed by atoms with Crippen molar-refractivity contribution < 1.29 is 28.5 Å². The number of fused-ring (bicyclic) bond motifs is 1. The van der Waals surface area contributed by atoms with Gasteiger partial charge in [-0.3, -0.25) is 0 Å². The monoisotopic (exact) mass is 384 g/mol. The summed E-state index contributed by atoms with van der Waals surface area (Å²) in [7, 11) is 3.16. The Hall–Kier alpha value is -3.15. The molecule has 0 spiro atoms. The lowest BCUT2D eigenvalue weighted by molar-refractivity contribution is -0.138. The van der Waals surface area contributed by atoms with Crippen LogP contribution in [0.3, 0.4) is 0 Å². The molecule has 1 aliphatic heterocycles. The van der Waals surface area contributed by atoms with E-state index in [2.05, 4.69) is 0 Å². The molecule has 0 saturated heterocycles. The third-order valence-corrected chi connectivity index (χ3v) is 4.40. The number of esters is 1. The number of hydrogen-bond donors (Lipinski definition) is 0. The molecule has 6 nitrogen and oxygen atoms in total. The molecule has 28 heavy (non-hydrogen) atoms. The second kappa shape index (κ2) is 9.17. The highest BCUT2D eigenvalue weighted by Crippen LogP contribution is 2.31. The van der Waals surface area contributed by atoms with Crippen molar-refractivity contribution in [1.82, 2.24) is 0 Å². The van der Waals surface area contributed by atoms with E-state index in [-0.39, 0.29) is 6.61 Å². The van der Waals surface area contributed by atoms with E-state index in [4.69, 9.17) is 23.7 Å². The van der Waals surface area contributed by atoms with Crippen LogP contribution in [0.5, 0.6) is 23.0 Å². The van der Waals surface area contributed by atoms with Gasteiger partial charge in [-0.05, 0) is 54.0 Å². The Labute approximate surface area is 164 Å². The fourth-order valence-corrected chi connectivity index (χ4v) is 2.82. The van der Waals surface area contributed by atoms with Gasteiger partial charge in [0.15, 0.2) is 23.0 Å². The largest absolute Gasteiger partial charge is 0.493 e. The average molecular weight is 384 g/mol. The SMILES string of the molecule is COc1cc(C)c(COC(=O)/C=C/c2ccc3c(c2)OCCCO3)cc1OC. The van der Waals surface area contributed by atoms with Gasteiger partial charge in [0.25, 0.3) is 0 Å². The molecule has 2 aromatic rings. The molecule has 0 bridgehead atoms. The van der Waals surface area contributed by atoms with Gasteiger partial charge in [-0.1, -0.05) is 6.07 Å². The van der Waals surface area contributed by atoms with E-state index in [1.54, 1.807) is 20.3 Å². The Bertz CT molecular complexity index is 872. The molecule has 148 valence electrons. The zero-order valence-corrected chi connectivity index (χ0v) is 16.3. The number of carbonyl (C=O) groups is 1. The smallest absolute Gasteiger partial charge is 0.331 e. The van der Waals surface area contributed by atoms with Crippen LogP contribution in [0.4, 0.5) is 0 Å². The second-order valence-corrected chi connectivity index (χ2v) is 6.33. The Morgan fingerprint density at radius 2 is 1.75 bits per heavy atom. The molecule has 0 unspecified atom stereocenters. The van der Waals surface area contributed by atoms with Crippen LogP contribution in [0.15, 0.2) is 36.4 Å². The van der Waals surface area contributed by atoms with Crippen molar-refractivity contribution in [2.45, 2.75) is 20.0 Å². The standard InChI is InChI=1S/C22H24O6/c1-15-11-19(24-2)20(25-3)13-17(15)14-28-22(23)8-6-16-5-7-18-21(12-16)27-10-4-9-26-18/h5-8,11-13H,4,9-10,14H2,1-3H3/b8-6+. The summed E-state index contributed by atoms with van der Waals surface area (Å²) in [6.45, 7) is 3.34. The van der Waals surface area contributed by atoms with Crippen molar-refractivity contribution >= 4 is 12.0 Å². The summed E-state index contributed by atoms with van der Waals surface area (Å²) in [5, 5.41) is 0. The van der Waals surface area contributed by atoms with Crippen LogP contribution in [-0.4, -0.2) is 33.4 Å². The van der Waals surface area contributed by atoms with Gasteiger partial charge in [0, 0.05) is 12.5 Å². The zero-order chi connectivity index (χ0) is 19.9. The molecule has 0 saturated carbocycles. The first-order chi connectivity index (χ1) is 13.6. The number of rotatable bonds is 6. The molecule has 0 fully saturated rings. The van der Waals surface area contributed by atoms with Crippen molar-refractivity contribution in [3.8, 4) is 23.0 Å². The van der Waals surface area contributed by atoms with Crippen molar-refractivity contribution in [2.24, 2.45) is 0 Å². The molecular weight excluding hydrogens is 360 g/mol. The van der Waals surface area contributed by atoms with Gasteiger partial charge in [0.1, 0.15) is 6.61 Å². The molecule has 6 heteroatoms. The van der Waals surface area contributed by atoms with E-state index in [0.29, 0.717) is 30.5 Å². The van der Waals surface area contributed by atoms with Gasteiger partial charge < -0.3 is 23.7 Å². The molecular formula is C22H24O6. The summed E-state index contributed by atoms with van der Waals surface area (Å²) >= 11 is 0. The first-order valence-corrected chi connectivity index (χ1v) is 9.06. The number of carbonyl (C=O) groups excluding carboxylic acids is 1. The van der Waals surface area contributed by atoms with E-state index in [1.807, 2.05) is 37.3 Å². The predicted octanol–water partition coefficient (Wildman–Crippen LogP) is 3.93. The molecule has 2 aromatic carbocycles. The molecule has 0 aliphatic carbocycles. The third-order valence-electron chi connectivity index (χ3n) is 4.40.